The van der Waals surface area contributed by atoms with Gasteiger partial charge in [0.25, 0.3) is 0 Å². The van der Waals surface area contributed by atoms with Crippen LogP contribution in [0.15, 0.2) is 47.0 Å². The molecule has 2 N–H and O–H groups in total. The van der Waals surface area contributed by atoms with Gasteiger partial charge >= 0.3 is 0 Å². The van der Waals surface area contributed by atoms with Crippen LogP contribution >= 0.6 is 0 Å². The van der Waals surface area contributed by atoms with Crippen molar-refractivity contribution in [2.24, 2.45) is 0 Å². The Labute approximate surface area is 171 Å². The Bertz CT molecular complexity index is 982. The van der Waals surface area contributed by atoms with E-state index in [1.54, 1.807) is 4.90 Å². The van der Waals surface area contributed by atoms with Crippen molar-refractivity contribution in [2.45, 2.75) is 27.3 Å². The molecule has 0 unspecified atom stereocenters. The van der Waals surface area contributed by atoms with E-state index in [4.69, 9.17) is 4.52 Å². The van der Waals surface area contributed by atoms with Gasteiger partial charge in [0.05, 0.1) is 0 Å². The van der Waals surface area contributed by atoms with Gasteiger partial charge in [-0.25, -0.2) is 0 Å². The Hall–Kier alpha value is -2.70. The Kier molecular flexibility index (Phi) is 5.65. The lowest BCUT2D eigenvalue weighted by Gasteiger charge is -2.29. The number of carbonyl (C=O) groups excluding carboxylic acids is 1. The zero-order valence-corrected chi connectivity index (χ0v) is 17.5. The highest BCUT2D eigenvalue weighted by atomic mass is 16.5. The van der Waals surface area contributed by atoms with Gasteiger partial charge in [-0.2, -0.15) is 0 Å². The van der Waals surface area contributed by atoms with Crippen LogP contribution < -0.4 is 9.80 Å². The van der Waals surface area contributed by atoms with Crippen LogP contribution in [0.4, 0.5) is 0 Å². The van der Waals surface area contributed by atoms with Crippen LogP contribution in [-0.2, 0) is 6.54 Å². The first-order valence-corrected chi connectivity index (χ1v) is 10.4. The quantitative estimate of drug-likeness (QED) is 0.601. The van der Waals surface area contributed by atoms with Gasteiger partial charge in [0.2, 0.25) is 5.78 Å². The third kappa shape index (κ3) is 4.33. The normalized spacial score (nSPS) is 19.4. The van der Waals surface area contributed by atoms with Crippen molar-refractivity contribution in [3.05, 3.63) is 70.7 Å². The number of piperazine rings is 1. The summed E-state index contributed by atoms with van der Waals surface area (Å²) < 4.78 is 7.21. The number of Topliss-reactive ketones (excluding diaryl/α,β-unsaturated/α-hetero) is 1. The molecule has 3 heterocycles. The maximum Gasteiger partial charge on any atom is 0.218 e. The maximum absolute atomic E-state index is 13.0. The second kappa shape index (κ2) is 8.35. The van der Waals surface area contributed by atoms with Crippen LogP contribution in [-0.4, -0.2) is 48.2 Å². The summed E-state index contributed by atoms with van der Waals surface area (Å²) in [6.07, 6.45) is 0. The second-order valence-corrected chi connectivity index (χ2v) is 8.18. The van der Waals surface area contributed by atoms with E-state index in [-0.39, 0.29) is 5.78 Å². The average molecular weight is 395 g/mol. The van der Waals surface area contributed by atoms with Crippen molar-refractivity contribution in [3.8, 4) is 5.82 Å². The lowest BCUT2D eigenvalue weighted by atomic mass is 10.1. The van der Waals surface area contributed by atoms with E-state index in [0.29, 0.717) is 6.54 Å². The lowest BCUT2D eigenvalue weighted by molar-refractivity contribution is -1.01. The van der Waals surface area contributed by atoms with E-state index in [2.05, 4.69) is 35.5 Å². The number of aromatic nitrogens is 2. The first-order chi connectivity index (χ1) is 14.0. The Balaban J connectivity index is 1.37. The molecule has 29 heavy (non-hydrogen) atoms. The number of carbonyl (C=O) groups is 1. The number of hydrogen-bond donors (Lipinski definition) is 2. The minimum Gasteiger partial charge on any atom is -0.360 e. The predicted octanol–water partition coefficient (Wildman–Crippen LogP) is 0.557. The highest BCUT2D eigenvalue weighted by Gasteiger charge is 2.27. The van der Waals surface area contributed by atoms with E-state index in [1.165, 1.54) is 10.5 Å². The molecular formula is C23H30N4O2+2. The van der Waals surface area contributed by atoms with E-state index >= 15 is 0 Å². The highest BCUT2D eigenvalue weighted by Crippen LogP contribution is 2.20. The molecule has 1 saturated heterocycles. The molecule has 0 saturated carbocycles. The Morgan fingerprint density at radius 3 is 2.38 bits per heavy atom. The highest BCUT2D eigenvalue weighted by molar-refractivity contribution is 5.98. The molecule has 1 aromatic carbocycles. The number of rotatable bonds is 6. The molecule has 0 aliphatic carbocycles. The first kappa shape index (κ1) is 19.6. The summed E-state index contributed by atoms with van der Waals surface area (Å²) in [5.74, 6) is 1.72. The van der Waals surface area contributed by atoms with Crippen LogP contribution in [0.5, 0.6) is 0 Å². The molecule has 0 spiro atoms. The SMILES string of the molecule is Cc1cc(-n2c(C)cc(C(=O)C[NH+]3CC[NH+](Cc4ccccc4)CC3)c2C)no1. The molecule has 0 amide bonds. The topological polar surface area (TPSA) is 56.9 Å². The molecule has 0 radical (unpaired) electrons. The van der Waals surface area contributed by atoms with Gasteiger partial charge in [-0.1, -0.05) is 35.5 Å². The fourth-order valence-corrected chi connectivity index (χ4v) is 4.37. The van der Waals surface area contributed by atoms with Gasteiger partial charge in [-0.3, -0.25) is 9.36 Å². The van der Waals surface area contributed by atoms with E-state index in [0.717, 1.165) is 61.3 Å². The van der Waals surface area contributed by atoms with Crippen molar-refractivity contribution in [3.63, 3.8) is 0 Å². The first-order valence-electron chi connectivity index (χ1n) is 10.4. The molecule has 1 aliphatic heterocycles. The zero-order chi connectivity index (χ0) is 20.4. The van der Waals surface area contributed by atoms with Crippen molar-refractivity contribution >= 4 is 5.78 Å². The molecule has 1 fully saturated rings. The van der Waals surface area contributed by atoms with Crippen LogP contribution in [0, 0.1) is 20.8 Å². The molecule has 0 bridgehead atoms. The van der Waals surface area contributed by atoms with Crippen molar-refractivity contribution in [1.29, 1.82) is 0 Å². The number of quaternary nitrogens is 2. The van der Waals surface area contributed by atoms with Crippen LogP contribution in [0.25, 0.3) is 5.82 Å². The van der Waals surface area contributed by atoms with E-state index in [9.17, 15) is 4.79 Å². The average Bonchev–Trinajstić information content (AvgIpc) is 3.26. The predicted molar refractivity (Wildman–Crippen MR) is 111 cm³/mol. The fourth-order valence-electron chi connectivity index (χ4n) is 4.37. The number of nitrogens with zero attached hydrogens (tertiary/aromatic N) is 2. The summed E-state index contributed by atoms with van der Waals surface area (Å²) in [6, 6.07) is 14.5. The number of hydrogen-bond acceptors (Lipinski definition) is 3. The summed E-state index contributed by atoms with van der Waals surface area (Å²) in [5.41, 5.74) is 4.13. The fraction of sp³-hybridized carbons (Fsp3) is 0.391. The molecule has 2 aromatic heterocycles. The van der Waals surface area contributed by atoms with Crippen LogP contribution in [0.1, 0.15) is 33.1 Å². The van der Waals surface area contributed by atoms with Gasteiger partial charge in [-0.15, -0.1) is 0 Å². The molecule has 0 atom stereocenters. The van der Waals surface area contributed by atoms with E-state index in [1.807, 2.05) is 37.5 Å². The second-order valence-electron chi connectivity index (χ2n) is 8.18. The standard InChI is InChI=1S/C23H28N4O2/c1-17-13-21(19(3)27(17)23-14-18(2)29-24-23)22(28)16-26-11-9-25(10-12-26)15-20-7-5-4-6-8-20/h4-8,13-14H,9-12,15-16H2,1-3H3/p+2. The lowest BCUT2D eigenvalue weighted by Crippen LogP contribution is -3.27. The minimum absolute atomic E-state index is 0.214. The number of nitrogens with one attached hydrogen (secondary N) is 2. The molecule has 6 nitrogen and oxygen atoms in total. The number of ketones is 1. The third-order valence-corrected chi connectivity index (χ3v) is 5.95. The van der Waals surface area contributed by atoms with Gasteiger partial charge in [0.1, 0.15) is 45.0 Å². The van der Waals surface area contributed by atoms with Crippen molar-refractivity contribution in [2.75, 3.05) is 32.7 Å². The van der Waals surface area contributed by atoms with Gasteiger partial charge in [-0.05, 0) is 26.8 Å². The third-order valence-electron chi connectivity index (χ3n) is 5.95. The van der Waals surface area contributed by atoms with Crippen LogP contribution in [0.3, 0.4) is 0 Å². The summed E-state index contributed by atoms with van der Waals surface area (Å²) in [6.45, 7) is 11.8. The Morgan fingerprint density at radius 1 is 1.03 bits per heavy atom. The monoisotopic (exact) mass is 394 g/mol. The number of benzene rings is 1. The van der Waals surface area contributed by atoms with Gasteiger partial charge in [0, 0.05) is 28.6 Å². The zero-order valence-electron chi connectivity index (χ0n) is 17.5. The Morgan fingerprint density at radius 2 is 1.72 bits per heavy atom. The summed E-state index contributed by atoms with van der Waals surface area (Å²) in [5, 5.41) is 4.11. The molecule has 6 heteroatoms. The largest absolute Gasteiger partial charge is 0.360 e. The van der Waals surface area contributed by atoms with Crippen molar-refractivity contribution in [1.82, 2.24) is 9.72 Å². The van der Waals surface area contributed by atoms with Crippen molar-refractivity contribution < 1.29 is 19.1 Å². The van der Waals surface area contributed by atoms with Gasteiger partial charge in [0.15, 0.2) is 5.82 Å². The molecule has 3 aromatic rings. The molecule has 4 rings (SSSR count). The molecule has 1 aliphatic rings. The summed E-state index contributed by atoms with van der Waals surface area (Å²) in [4.78, 5) is 16.0. The summed E-state index contributed by atoms with van der Waals surface area (Å²) in [7, 11) is 0. The molecule has 152 valence electrons. The molecular weight excluding hydrogens is 364 g/mol. The summed E-state index contributed by atoms with van der Waals surface area (Å²) >= 11 is 0. The number of aryl methyl sites for hydroxylation is 2. The minimum atomic E-state index is 0.214. The van der Waals surface area contributed by atoms with Gasteiger partial charge < -0.3 is 14.3 Å². The smallest absolute Gasteiger partial charge is 0.218 e. The van der Waals surface area contributed by atoms with E-state index < -0.39 is 0 Å². The maximum atomic E-state index is 13.0. The van der Waals surface area contributed by atoms with Crippen LogP contribution in [0.2, 0.25) is 0 Å².